The predicted molar refractivity (Wildman–Crippen MR) is 85.8 cm³/mol. The highest BCUT2D eigenvalue weighted by Crippen LogP contribution is 2.20. The van der Waals surface area contributed by atoms with Crippen molar-refractivity contribution in [3.05, 3.63) is 35.5 Å². The number of hydrogen-bond donors (Lipinski definition) is 3. The molecule has 0 spiro atoms. The summed E-state index contributed by atoms with van der Waals surface area (Å²) in [7, 11) is 0. The number of aromatic amines is 1. The van der Waals surface area contributed by atoms with Crippen LogP contribution in [0.3, 0.4) is 0 Å². The molecular weight excluding hydrogens is 280 g/mol. The zero-order valence-electron chi connectivity index (χ0n) is 13.1. The van der Waals surface area contributed by atoms with Gasteiger partial charge in [0.05, 0.1) is 0 Å². The van der Waals surface area contributed by atoms with E-state index in [1.165, 1.54) is 5.56 Å². The summed E-state index contributed by atoms with van der Waals surface area (Å²) in [6.45, 7) is 5.59. The third-order valence-corrected chi connectivity index (χ3v) is 3.79. The van der Waals surface area contributed by atoms with E-state index in [1.807, 2.05) is 25.3 Å². The van der Waals surface area contributed by atoms with E-state index in [-0.39, 0.29) is 18.2 Å². The molecule has 22 heavy (non-hydrogen) atoms. The molecule has 1 unspecified atom stereocenters. The molecule has 5 heteroatoms. The Balaban J connectivity index is 2.01. The molecule has 1 heterocycles. The van der Waals surface area contributed by atoms with Gasteiger partial charge in [0.15, 0.2) is 0 Å². The van der Waals surface area contributed by atoms with Gasteiger partial charge in [0, 0.05) is 23.5 Å². The largest absolute Gasteiger partial charge is 0.480 e. The summed E-state index contributed by atoms with van der Waals surface area (Å²) >= 11 is 0. The molecule has 1 atom stereocenters. The second-order valence-corrected chi connectivity index (χ2v) is 5.99. The second kappa shape index (κ2) is 6.64. The van der Waals surface area contributed by atoms with E-state index in [0.29, 0.717) is 6.42 Å². The lowest BCUT2D eigenvalue weighted by molar-refractivity contribution is -0.143. The number of aryl methyl sites for hydroxylation is 2. The van der Waals surface area contributed by atoms with Gasteiger partial charge in [-0.1, -0.05) is 25.5 Å². The number of hydrogen-bond acceptors (Lipinski definition) is 2. The maximum Gasteiger partial charge on any atom is 0.326 e. The van der Waals surface area contributed by atoms with E-state index in [9.17, 15) is 9.59 Å². The van der Waals surface area contributed by atoms with Crippen LogP contribution in [0.5, 0.6) is 0 Å². The predicted octanol–water partition coefficient (Wildman–Crippen LogP) is 2.63. The summed E-state index contributed by atoms with van der Waals surface area (Å²) < 4.78 is 0. The molecule has 1 aromatic carbocycles. The number of carbonyl (C=O) groups is 2. The first kappa shape index (κ1) is 16.1. The summed E-state index contributed by atoms with van der Waals surface area (Å²) in [5.74, 6) is -1.37. The first-order chi connectivity index (χ1) is 10.4. The van der Waals surface area contributed by atoms with E-state index in [1.54, 1.807) is 13.8 Å². The van der Waals surface area contributed by atoms with Crippen LogP contribution in [0.4, 0.5) is 0 Å². The van der Waals surface area contributed by atoms with E-state index >= 15 is 0 Å². The highest BCUT2D eigenvalue weighted by Gasteiger charge is 2.23. The van der Waals surface area contributed by atoms with Crippen LogP contribution in [0.2, 0.25) is 0 Å². The van der Waals surface area contributed by atoms with Crippen LogP contribution in [0.15, 0.2) is 24.4 Å². The van der Waals surface area contributed by atoms with Gasteiger partial charge < -0.3 is 15.4 Å². The van der Waals surface area contributed by atoms with Gasteiger partial charge in [-0.2, -0.15) is 0 Å². The molecule has 0 aliphatic rings. The quantitative estimate of drug-likeness (QED) is 0.767. The van der Waals surface area contributed by atoms with Crippen molar-refractivity contribution in [1.82, 2.24) is 10.3 Å². The molecule has 0 bridgehead atoms. The van der Waals surface area contributed by atoms with E-state index in [4.69, 9.17) is 5.11 Å². The fourth-order valence-corrected chi connectivity index (χ4v) is 2.51. The standard InChI is InChI=1S/C17H22N2O3/c1-10(2)16(17(21)22)19-15(20)7-5-12-9-18-14-6-4-11(3)8-13(12)14/h4,6,8-10,16,18H,5,7H2,1-3H3,(H,19,20)(H,21,22). The number of carbonyl (C=O) groups excluding carboxylic acids is 1. The summed E-state index contributed by atoms with van der Waals surface area (Å²) in [5.41, 5.74) is 3.29. The van der Waals surface area contributed by atoms with Gasteiger partial charge >= 0.3 is 5.97 Å². The molecule has 3 N–H and O–H groups in total. The number of fused-ring (bicyclic) bond motifs is 1. The van der Waals surface area contributed by atoms with Gasteiger partial charge in [0.1, 0.15) is 6.04 Å². The fraction of sp³-hybridized carbons (Fsp3) is 0.412. The highest BCUT2D eigenvalue weighted by atomic mass is 16.4. The molecule has 118 valence electrons. The summed E-state index contributed by atoms with van der Waals surface area (Å²) in [6, 6.07) is 5.31. The second-order valence-electron chi connectivity index (χ2n) is 5.99. The number of carboxylic acid groups (broad SMARTS) is 1. The minimum absolute atomic E-state index is 0.141. The molecule has 5 nitrogen and oxygen atoms in total. The highest BCUT2D eigenvalue weighted by molar-refractivity contribution is 5.86. The minimum atomic E-state index is -0.994. The lowest BCUT2D eigenvalue weighted by atomic mass is 10.0. The third-order valence-electron chi connectivity index (χ3n) is 3.79. The summed E-state index contributed by atoms with van der Waals surface area (Å²) in [6.07, 6.45) is 2.77. The number of rotatable bonds is 6. The first-order valence-corrected chi connectivity index (χ1v) is 7.47. The van der Waals surface area contributed by atoms with Crippen molar-refractivity contribution in [3.63, 3.8) is 0 Å². The molecule has 0 aliphatic heterocycles. The average molecular weight is 302 g/mol. The Morgan fingerprint density at radius 2 is 2.05 bits per heavy atom. The van der Waals surface area contributed by atoms with Crippen LogP contribution in [-0.2, 0) is 16.0 Å². The number of aromatic nitrogens is 1. The van der Waals surface area contributed by atoms with Gasteiger partial charge in [0.2, 0.25) is 5.91 Å². The van der Waals surface area contributed by atoms with Crippen LogP contribution in [-0.4, -0.2) is 28.0 Å². The maximum atomic E-state index is 12.0. The van der Waals surface area contributed by atoms with Crippen molar-refractivity contribution in [3.8, 4) is 0 Å². The van der Waals surface area contributed by atoms with Crippen molar-refractivity contribution < 1.29 is 14.7 Å². The molecule has 1 aromatic heterocycles. The Labute approximate surface area is 129 Å². The summed E-state index contributed by atoms with van der Waals surface area (Å²) in [4.78, 5) is 26.3. The number of nitrogens with one attached hydrogen (secondary N) is 2. The number of carboxylic acids is 1. The summed E-state index contributed by atoms with van der Waals surface area (Å²) in [5, 5.41) is 12.8. The zero-order chi connectivity index (χ0) is 16.3. The molecule has 2 rings (SSSR count). The van der Waals surface area contributed by atoms with Gasteiger partial charge in [-0.05, 0) is 37.0 Å². The van der Waals surface area contributed by atoms with Crippen molar-refractivity contribution in [2.45, 2.75) is 39.7 Å². The van der Waals surface area contributed by atoms with Gasteiger partial charge in [-0.25, -0.2) is 4.79 Å². The molecule has 0 radical (unpaired) electrons. The van der Waals surface area contributed by atoms with Crippen molar-refractivity contribution in [1.29, 1.82) is 0 Å². The molecule has 0 saturated carbocycles. The fourth-order valence-electron chi connectivity index (χ4n) is 2.51. The van der Waals surface area contributed by atoms with Crippen LogP contribution in [0.25, 0.3) is 10.9 Å². The van der Waals surface area contributed by atoms with Gasteiger partial charge in [-0.15, -0.1) is 0 Å². The van der Waals surface area contributed by atoms with Crippen molar-refractivity contribution in [2.75, 3.05) is 0 Å². The topological polar surface area (TPSA) is 82.2 Å². The SMILES string of the molecule is Cc1ccc2[nH]cc(CCC(=O)NC(C(=O)O)C(C)C)c2c1. The average Bonchev–Trinajstić information content (AvgIpc) is 2.84. The molecular formula is C17H22N2O3. The lowest BCUT2D eigenvalue weighted by Crippen LogP contribution is -2.44. The number of amides is 1. The van der Waals surface area contributed by atoms with Crippen molar-refractivity contribution >= 4 is 22.8 Å². The molecule has 0 aliphatic carbocycles. The Kier molecular flexibility index (Phi) is 4.85. The first-order valence-electron chi connectivity index (χ1n) is 7.47. The van der Waals surface area contributed by atoms with E-state index < -0.39 is 12.0 Å². The monoisotopic (exact) mass is 302 g/mol. The zero-order valence-corrected chi connectivity index (χ0v) is 13.1. The molecule has 1 amide bonds. The Morgan fingerprint density at radius 1 is 1.32 bits per heavy atom. The Hall–Kier alpha value is -2.30. The van der Waals surface area contributed by atoms with Gasteiger partial charge in [0.25, 0.3) is 0 Å². The van der Waals surface area contributed by atoms with E-state index in [0.717, 1.165) is 16.5 Å². The Morgan fingerprint density at radius 3 is 2.68 bits per heavy atom. The Bertz CT molecular complexity index is 688. The normalized spacial score (nSPS) is 12.5. The molecule has 2 aromatic rings. The van der Waals surface area contributed by atoms with Crippen LogP contribution in [0.1, 0.15) is 31.4 Å². The molecule has 0 fully saturated rings. The lowest BCUT2D eigenvalue weighted by Gasteiger charge is -2.17. The maximum absolute atomic E-state index is 12.0. The van der Waals surface area contributed by atoms with Crippen molar-refractivity contribution in [2.24, 2.45) is 5.92 Å². The number of H-pyrrole nitrogens is 1. The number of benzene rings is 1. The smallest absolute Gasteiger partial charge is 0.326 e. The van der Waals surface area contributed by atoms with Gasteiger partial charge in [-0.3, -0.25) is 4.79 Å². The van der Waals surface area contributed by atoms with Crippen LogP contribution >= 0.6 is 0 Å². The number of aliphatic carboxylic acids is 1. The minimum Gasteiger partial charge on any atom is -0.480 e. The van der Waals surface area contributed by atoms with Crippen LogP contribution in [0, 0.1) is 12.8 Å². The third kappa shape index (κ3) is 3.67. The van der Waals surface area contributed by atoms with E-state index in [2.05, 4.69) is 16.4 Å². The van der Waals surface area contributed by atoms with Crippen LogP contribution < -0.4 is 5.32 Å². The molecule has 0 saturated heterocycles.